The minimum Gasteiger partial charge on any atom is -0.306 e. The van der Waals surface area contributed by atoms with Crippen LogP contribution in [0.5, 0.6) is 0 Å². The van der Waals surface area contributed by atoms with Crippen molar-refractivity contribution in [3.63, 3.8) is 0 Å². The van der Waals surface area contributed by atoms with Crippen LogP contribution in [0.25, 0.3) is 163 Å². The summed E-state index contributed by atoms with van der Waals surface area (Å²) in [5, 5.41) is 38.6. The Labute approximate surface area is 490 Å². The molecule has 85 heavy (non-hydrogen) atoms. The third-order valence-electron chi connectivity index (χ3n) is 17.8. The van der Waals surface area contributed by atoms with Gasteiger partial charge in [0.1, 0.15) is 23.3 Å². The summed E-state index contributed by atoms with van der Waals surface area (Å²) in [7, 11) is 0. The second-order valence-corrected chi connectivity index (χ2v) is 23.1. The van der Waals surface area contributed by atoms with Crippen LogP contribution in [0.15, 0.2) is 267 Å². The van der Waals surface area contributed by atoms with Gasteiger partial charge in [-0.2, -0.15) is 10.5 Å². The average Bonchev–Trinajstić information content (AvgIpc) is 1.63. The third kappa shape index (κ3) is 6.45. The number of fused-ring (bicyclic) bond motifs is 17. The van der Waals surface area contributed by atoms with Gasteiger partial charge < -0.3 is 18.3 Å². The fourth-order valence-electron chi connectivity index (χ4n) is 14.5. The zero-order valence-corrected chi connectivity index (χ0v) is 46.3. The number of nitrogens with zero attached hydrogens (tertiary/aromatic N) is 6. The van der Waals surface area contributed by atoms with Crippen molar-refractivity contribution in [3.8, 4) is 57.1 Å². The number of rotatable bonds is 6. The second-order valence-electron chi connectivity index (χ2n) is 22.0. The largest absolute Gasteiger partial charge is 0.306 e. The SMILES string of the molecule is N#Cc1c(-n2c3ccccc3c3ccccc32)c(C#N)c(-n2c3ccccc3c3ccccc32)c(-n2c3cccc(-c4ccccc4-c4cccc5ccccc45)c3c3ccc4c5ccccc5sc4c32)c1-n1c2ccccc2c2ccccc21. The summed E-state index contributed by atoms with van der Waals surface area (Å²) < 4.78 is 11.6. The van der Waals surface area contributed by atoms with Crippen LogP contribution < -0.4 is 0 Å². The maximum atomic E-state index is 12.8. The molecular formula is C78H44N6S. The first-order valence-corrected chi connectivity index (χ1v) is 29.5. The number of hydrogen-bond donors (Lipinski definition) is 0. The van der Waals surface area contributed by atoms with E-state index in [1.807, 2.05) is 0 Å². The molecule has 18 rings (SSSR count). The van der Waals surface area contributed by atoms with Crippen molar-refractivity contribution >= 4 is 130 Å². The molecule has 0 bridgehead atoms. The van der Waals surface area contributed by atoms with Crippen molar-refractivity contribution in [2.24, 2.45) is 0 Å². The Balaban J connectivity index is 1.14. The van der Waals surface area contributed by atoms with E-state index in [0.717, 1.165) is 120 Å². The van der Waals surface area contributed by atoms with Crippen LogP contribution in [0.1, 0.15) is 11.1 Å². The first-order chi connectivity index (χ1) is 42.2. The minimum absolute atomic E-state index is 0.366. The van der Waals surface area contributed by atoms with E-state index in [0.29, 0.717) is 33.9 Å². The first-order valence-electron chi connectivity index (χ1n) is 28.6. The molecule has 0 unspecified atom stereocenters. The molecule has 0 saturated heterocycles. The Kier molecular flexibility index (Phi) is 10.00. The monoisotopic (exact) mass is 1100 g/mol. The molecular weight excluding hydrogens is 1050 g/mol. The van der Waals surface area contributed by atoms with E-state index < -0.39 is 0 Å². The number of hydrogen-bond acceptors (Lipinski definition) is 3. The van der Waals surface area contributed by atoms with E-state index >= 15 is 0 Å². The second kappa shape index (κ2) is 18.0. The maximum Gasteiger partial charge on any atom is 0.104 e. The predicted molar refractivity (Wildman–Crippen MR) is 354 cm³/mol. The van der Waals surface area contributed by atoms with Crippen LogP contribution in [0, 0.1) is 22.7 Å². The van der Waals surface area contributed by atoms with Crippen molar-refractivity contribution in [1.29, 1.82) is 10.5 Å². The Morgan fingerprint density at radius 3 is 1.14 bits per heavy atom. The lowest BCUT2D eigenvalue weighted by Crippen LogP contribution is -2.17. The molecule has 0 aliphatic carbocycles. The van der Waals surface area contributed by atoms with Gasteiger partial charge in [0.2, 0.25) is 0 Å². The van der Waals surface area contributed by atoms with Crippen molar-refractivity contribution < 1.29 is 0 Å². The van der Waals surface area contributed by atoms with E-state index in [9.17, 15) is 10.5 Å². The number of aromatic nitrogens is 4. The topological polar surface area (TPSA) is 67.3 Å². The van der Waals surface area contributed by atoms with E-state index in [1.165, 1.54) is 20.9 Å². The lowest BCUT2D eigenvalue weighted by molar-refractivity contribution is 1.02. The van der Waals surface area contributed by atoms with Gasteiger partial charge in [-0.25, -0.2) is 0 Å². The van der Waals surface area contributed by atoms with E-state index in [2.05, 4.69) is 297 Å². The molecule has 13 aromatic carbocycles. The third-order valence-corrected chi connectivity index (χ3v) is 19.0. The number of benzene rings is 13. The molecule has 0 spiro atoms. The van der Waals surface area contributed by atoms with Gasteiger partial charge in [-0.3, -0.25) is 0 Å². The number of nitriles is 2. The van der Waals surface area contributed by atoms with Gasteiger partial charge in [0.25, 0.3) is 0 Å². The molecule has 7 heteroatoms. The van der Waals surface area contributed by atoms with Crippen LogP contribution in [0.3, 0.4) is 0 Å². The number of para-hydroxylation sites is 6. The Bertz CT molecular complexity index is 5710. The zero-order valence-electron chi connectivity index (χ0n) is 45.5. The van der Waals surface area contributed by atoms with E-state index in [-0.39, 0.29) is 0 Å². The molecule has 5 heterocycles. The van der Waals surface area contributed by atoms with Crippen LogP contribution in [-0.2, 0) is 0 Å². The molecule has 392 valence electrons. The van der Waals surface area contributed by atoms with Gasteiger partial charge in [-0.05, 0) is 81.6 Å². The smallest absolute Gasteiger partial charge is 0.104 e. The van der Waals surface area contributed by atoms with Gasteiger partial charge >= 0.3 is 0 Å². The summed E-state index contributed by atoms with van der Waals surface area (Å²) >= 11 is 1.79. The number of thiophene rings is 1. The Morgan fingerprint density at radius 1 is 0.259 bits per heavy atom. The molecule has 0 N–H and O–H groups in total. The van der Waals surface area contributed by atoms with Gasteiger partial charge in [0.05, 0.1) is 71.6 Å². The molecule has 0 saturated carbocycles. The van der Waals surface area contributed by atoms with E-state index in [4.69, 9.17) is 0 Å². The molecule has 0 fully saturated rings. The lowest BCUT2D eigenvalue weighted by atomic mass is 9.89. The summed E-state index contributed by atoms with van der Waals surface area (Å²) in [5.74, 6) is 0. The summed E-state index contributed by atoms with van der Waals surface area (Å²) in [6.45, 7) is 0. The minimum atomic E-state index is 0.366. The van der Waals surface area contributed by atoms with Crippen LogP contribution >= 0.6 is 11.3 Å². The molecule has 0 radical (unpaired) electrons. The normalized spacial score (nSPS) is 12.0. The average molecular weight is 1100 g/mol. The molecule has 18 aromatic rings. The fourth-order valence-corrected chi connectivity index (χ4v) is 15.7. The standard InChI is InChI=1S/C78H44N6S/c79-45-62-73(81-64-35-12-5-26-52(64)53-27-6-13-36-65(53)81)63(46-80)75(83-68-39-16-9-30-56(68)57-31-10-17-40-69(57)83)77(74(62)82-66-37-14-7-28-54(66)55-29-8-15-38-67(55)82)84-70-41-20-34-59(51-25-4-3-24-50(51)49-33-19-22-47-21-1-2-23-48(47)49)72(70)61-44-43-60-58-32-11-18-42-71(58)85-78(60)76(61)84/h1-44H. The molecule has 0 aliphatic rings. The predicted octanol–water partition coefficient (Wildman–Crippen LogP) is 20.7. The van der Waals surface area contributed by atoms with Crippen LogP contribution in [-0.4, -0.2) is 18.3 Å². The van der Waals surface area contributed by atoms with Crippen molar-refractivity contribution in [3.05, 3.63) is 278 Å². The van der Waals surface area contributed by atoms with Gasteiger partial charge in [-0.1, -0.05) is 218 Å². The quantitative estimate of drug-likeness (QED) is 0.166. The first kappa shape index (κ1) is 47.2. The van der Waals surface area contributed by atoms with Gasteiger partial charge in [-0.15, -0.1) is 11.3 Å². The van der Waals surface area contributed by atoms with Crippen LogP contribution in [0.2, 0.25) is 0 Å². The molecule has 0 aliphatic heterocycles. The molecule has 0 atom stereocenters. The highest BCUT2D eigenvalue weighted by Gasteiger charge is 2.35. The van der Waals surface area contributed by atoms with Gasteiger partial charge in [0, 0.05) is 58.6 Å². The highest BCUT2D eigenvalue weighted by Crippen LogP contribution is 2.52. The molecule has 0 amide bonds. The Hall–Kier alpha value is -11.5. The highest BCUT2D eigenvalue weighted by atomic mass is 32.1. The zero-order chi connectivity index (χ0) is 56.0. The lowest BCUT2D eigenvalue weighted by Gasteiger charge is -2.27. The van der Waals surface area contributed by atoms with E-state index in [1.54, 1.807) is 11.3 Å². The summed E-state index contributed by atoms with van der Waals surface area (Å²) in [5.41, 5.74) is 15.2. The summed E-state index contributed by atoms with van der Waals surface area (Å²) in [6, 6.07) is 101. The van der Waals surface area contributed by atoms with Crippen molar-refractivity contribution in [1.82, 2.24) is 18.3 Å². The summed E-state index contributed by atoms with van der Waals surface area (Å²) in [4.78, 5) is 0. The molecule has 6 nitrogen and oxygen atoms in total. The molecule has 5 aromatic heterocycles. The van der Waals surface area contributed by atoms with Crippen LogP contribution in [0.4, 0.5) is 0 Å². The highest BCUT2D eigenvalue weighted by molar-refractivity contribution is 7.26. The van der Waals surface area contributed by atoms with Gasteiger partial charge in [0.15, 0.2) is 0 Å². The van der Waals surface area contributed by atoms with Crippen molar-refractivity contribution in [2.45, 2.75) is 0 Å². The van der Waals surface area contributed by atoms with Crippen molar-refractivity contribution in [2.75, 3.05) is 0 Å². The summed E-state index contributed by atoms with van der Waals surface area (Å²) in [6.07, 6.45) is 0. The maximum absolute atomic E-state index is 12.8. The Morgan fingerprint density at radius 2 is 0.624 bits per heavy atom. The fraction of sp³-hybridized carbons (Fsp3) is 0.